The molecule has 0 rings (SSSR count). The van der Waals surface area contributed by atoms with E-state index in [2.05, 4.69) is 26.0 Å². The van der Waals surface area contributed by atoms with Gasteiger partial charge in [-0.2, -0.15) is 0 Å². The molecule has 0 saturated carbocycles. The zero-order chi connectivity index (χ0) is 13.5. The van der Waals surface area contributed by atoms with Crippen molar-refractivity contribution in [2.24, 2.45) is 0 Å². The molecule has 0 aliphatic rings. The third kappa shape index (κ3) is 13.8. The zero-order valence-electron chi connectivity index (χ0n) is 12.7. The van der Waals surface area contributed by atoms with Gasteiger partial charge in [0.2, 0.25) is 0 Å². The number of hydrogen-bond donors (Lipinski definition) is 1. The van der Waals surface area contributed by atoms with Gasteiger partial charge in [-0.3, -0.25) is 0 Å². The van der Waals surface area contributed by atoms with Gasteiger partial charge in [0.15, 0.2) is 0 Å². The van der Waals surface area contributed by atoms with Gasteiger partial charge < -0.3 is 5.11 Å². The van der Waals surface area contributed by atoms with Crippen molar-refractivity contribution >= 4 is 0 Å². The first-order valence-electron chi connectivity index (χ1n) is 8.14. The standard InChI is InChI=1S/C17H34O/c1-3-5-7-9-10-11-12-14-16-17(18)15-13-8-6-4-2/h12,14,17-18H,3-11,13,15-16H2,1-2H3. The highest BCUT2D eigenvalue weighted by Crippen LogP contribution is 2.09. The number of hydrogen-bond acceptors (Lipinski definition) is 1. The molecule has 1 atom stereocenters. The summed E-state index contributed by atoms with van der Waals surface area (Å²) >= 11 is 0. The van der Waals surface area contributed by atoms with Crippen molar-refractivity contribution in [3.05, 3.63) is 12.2 Å². The Hall–Kier alpha value is -0.300. The molecule has 1 heteroatoms. The molecule has 0 aromatic rings. The number of rotatable bonds is 13. The zero-order valence-corrected chi connectivity index (χ0v) is 12.7. The maximum Gasteiger partial charge on any atom is 0.0574 e. The van der Waals surface area contributed by atoms with Crippen molar-refractivity contribution < 1.29 is 5.11 Å². The lowest BCUT2D eigenvalue weighted by atomic mass is 10.1. The van der Waals surface area contributed by atoms with Gasteiger partial charge in [0, 0.05) is 0 Å². The molecule has 1 unspecified atom stereocenters. The summed E-state index contributed by atoms with van der Waals surface area (Å²) in [5.74, 6) is 0. The van der Waals surface area contributed by atoms with Crippen LogP contribution in [0.15, 0.2) is 12.2 Å². The molecule has 0 aliphatic carbocycles. The van der Waals surface area contributed by atoms with E-state index in [0.717, 1.165) is 12.8 Å². The van der Waals surface area contributed by atoms with Gasteiger partial charge in [0.05, 0.1) is 6.10 Å². The second-order valence-corrected chi connectivity index (χ2v) is 5.41. The second kappa shape index (κ2) is 14.8. The topological polar surface area (TPSA) is 20.2 Å². The van der Waals surface area contributed by atoms with Gasteiger partial charge in [-0.25, -0.2) is 0 Å². The smallest absolute Gasteiger partial charge is 0.0574 e. The molecule has 0 bridgehead atoms. The third-order valence-electron chi connectivity index (χ3n) is 3.44. The van der Waals surface area contributed by atoms with E-state index in [4.69, 9.17) is 0 Å². The SMILES string of the molecule is CCCCCCCC=CCC(O)CCCCCC. The Balaban J connectivity index is 3.23. The number of allylic oxidation sites excluding steroid dienone is 1. The average molecular weight is 254 g/mol. The first-order valence-corrected chi connectivity index (χ1v) is 8.14. The monoisotopic (exact) mass is 254 g/mol. The van der Waals surface area contributed by atoms with E-state index in [-0.39, 0.29) is 6.10 Å². The highest BCUT2D eigenvalue weighted by atomic mass is 16.3. The predicted octanol–water partition coefficient (Wildman–Crippen LogP) is 5.62. The Bertz CT molecular complexity index is 174. The fourth-order valence-corrected chi connectivity index (χ4v) is 2.16. The van der Waals surface area contributed by atoms with E-state index >= 15 is 0 Å². The van der Waals surface area contributed by atoms with E-state index in [1.165, 1.54) is 64.2 Å². The molecule has 18 heavy (non-hydrogen) atoms. The van der Waals surface area contributed by atoms with Crippen LogP contribution in [0.1, 0.15) is 90.9 Å². The van der Waals surface area contributed by atoms with Gasteiger partial charge in [-0.05, 0) is 25.7 Å². The van der Waals surface area contributed by atoms with Crippen LogP contribution in [0.3, 0.4) is 0 Å². The molecule has 1 nitrogen and oxygen atoms in total. The highest BCUT2D eigenvalue weighted by molar-refractivity contribution is 4.83. The summed E-state index contributed by atoms with van der Waals surface area (Å²) in [6.45, 7) is 4.47. The fourth-order valence-electron chi connectivity index (χ4n) is 2.16. The van der Waals surface area contributed by atoms with Gasteiger partial charge in [0.25, 0.3) is 0 Å². The highest BCUT2D eigenvalue weighted by Gasteiger charge is 2.00. The minimum Gasteiger partial charge on any atom is -0.393 e. The van der Waals surface area contributed by atoms with Crippen molar-refractivity contribution in [1.29, 1.82) is 0 Å². The molecule has 0 heterocycles. The van der Waals surface area contributed by atoms with Crippen molar-refractivity contribution in [3.63, 3.8) is 0 Å². The Kier molecular flexibility index (Phi) is 14.5. The molecular formula is C17H34O. The molecule has 0 aromatic carbocycles. The first kappa shape index (κ1) is 17.7. The maximum absolute atomic E-state index is 9.77. The molecule has 0 fully saturated rings. The minimum absolute atomic E-state index is 0.113. The van der Waals surface area contributed by atoms with E-state index in [9.17, 15) is 5.11 Å². The van der Waals surface area contributed by atoms with E-state index < -0.39 is 0 Å². The van der Waals surface area contributed by atoms with Crippen LogP contribution in [0, 0.1) is 0 Å². The molecule has 0 aromatic heterocycles. The molecule has 108 valence electrons. The maximum atomic E-state index is 9.77. The average Bonchev–Trinajstić information content (AvgIpc) is 2.38. The molecule has 1 N–H and O–H groups in total. The summed E-state index contributed by atoms with van der Waals surface area (Å²) in [6, 6.07) is 0. The fraction of sp³-hybridized carbons (Fsp3) is 0.882. The molecular weight excluding hydrogens is 220 g/mol. The summed E-state index contributed by atoms with van der Waals surface area (Å²) in [4.78, 5) is 0. The van der Waals surface area contributed by atoms with Crippen molar-refractivity contribution in [2.75, 3.05) is 0 Å². The van der Waals surface area contributed by atoms with Crippen molar-refractivity contribution in [1.82, 2.24) is 0 Å². The first-order chi connectivity index (χ1) is 8.81. The van der Waals surface area contributed by atoms with E-state index in [1.807, 2.05) is 0 Å². The summed E-state index contributed by atoms with van der Waals surface area (Å²) < 4.78 is 0. The van der Waals surface area contributed by atoms with Gasteiger partial charge in [-0.1, -0.05) is 77.4 Å². The minimum atomic E-state index is -0.113. The van der Waals surface area contributed by atoms with Crippen LogP contribution in [0.2, 0.25) is 0 Å². The van der Waals surface area contributed by atoms with Crippen LogP contribution in [-0.2, 0) is 0 Å². The second-order valence-electron chi connectivity index (χ2n) is 5.41. The Morgan fingerprint density at radius 2 is 1.39 bits per heavy atom. The van der Waals surface area contributed by atoms with Crippen molar-refractivity contribution in [2.45, 2.75) is 97.0 Å². The van der Waals surface area contributed by atoms with Crippen LogP contribution in [-0.4, -0.2) is 11.2 Å². The van der Waals surface area contributed by atoms with Gasteiger partial charge in [0.1, 0.15) is 0 Å². The number of aliphatic hydroxyl groups excluding tert-OH is 1. The van der Waals surface area contributed by atoms with E-state index in [0.29, 0.717) is 0 Å². The summed E-state index contributed by atoms with van der Waals surface area (Å²) in [6.07, 6.45) is 19.1. The summed E-state index contributed by atoms with van der Waals surface area (Å²) in [7, 11) is 0. The van der Waals surface area contributed by atoms with Crippen LogP contribution in [0.25, 0.3) is 0 Å². The van der Waals surface area contributed by atoms with Gasteiger partial charge in [-0.15, -0.1) is 0 Å². The molecule has 0 radical (unpaired) electrons. The Morgan fingerprint density at radius 1 is 0.778 bits per heavy atom. The van der Waals surface area contributed by atoms with Crippen LogP contribution in [0.4, 0.5) is 0 Å². The number of aliphatic hydroxyl groups is 1. The lowest BCUT2D eigenvalue weighted by Gasteiger charge is -2.06. The molecule has 0 amide bonds. The molecule has 0 aliphatic heterocycles. The quantitative estimate of drug-likeness (QED) is 0.334. The number of unbranched alkanes of at least 4 members (excludes halogenated alkanes) is 8. The summed E-state index contributed by atoms with van der Waals surface area (Å²) in [5, 5.41) is 9.77. The van der Waals surface area contributed by atoms with Crippen LogP contribution < -0.4 is 0 Å². The van der Waals surface area contributed by atoms with E-state index in [1.54, 1.807) is 0 Å². The van der Waals surface area contributed by atoms with Gasteiger partial charge >= 0.3 is 0 Å². The largest absolute Gasteiger partial charge is 0.393 e. The van der Waals surface area contributed by atoms with Crippen LogP contribution in [0.5, 0.6) is 0 Å². The summed E-state index contributed by atoms with van der Waals surface area (Å²) in [5.41, 5.74) is 0. The Morgan fingerprint density at radius 3 is 2.06 bits per heavy atom. The third-order valence-corrected chi connectivity index (χ3v) is 3.44. The predicted molar refractivity (Wildman–Crippen MR) is 81.9 cm³/mol. The van der Waals surface area contributed by atoms with Crippen LogP contribution >= 0.6 is 0 Å². The molecule has 0 spiro atoms. The van der Waals surface area contributed by atoms with Crippen molar-refractivity contribution in [3.8, 4) is 0 Å². The molecule has 0 saturated heterocycles. The Labute approximate surface area is 115 Å². The lowest BCUT2D eigenvalue weighted by molar-refractivity contribution is 0.163. The lowest BCUT2D eigenvalue weighted by Crippen LogP contribution is -2.04. The normalized spacial score (nSPS) is 13.3.